The highest BCUT2D eigenvalue weighted by atomic mass is 16.5. The molecule has 1 unspecified atom stereocenters. The van der Waals surface area contributed by atoms with Gasteiger partial charge < -0.3 is 19.5 Å². The number of nitrogens with zero attached hydrogens (tertiary/aromatic N) is 3. The van der Waals surface area contributed by atoms with Gasteiger partial charge in [-0.1, -0.05) is 36.8 Å². The van der Waals surface area contributed by atoms with Gasteiger partial charge >= 0.3 is 12.1 Å². The Kier molecular flexibility index (Phi) is 7.20. The number of anilines is 1. The monoisotopic (exact) mass is 505 g/mol. The van der Waals surface area contributed by atoms with Crippen molar-refractivity contribution in [3.05, 3.63) is 59.4 Å². The first kappa shape index (κ1) is 25.3. The molecule has 1 aromatic heterocycles. The molecule has 8 heteroatoms. The van der Waals surface area contributed by atoms with Crippen molar-refractivity contribution in [1.82, 2.24) is 9.55 Å². The van der Waals surface area contributed by atoms with Crippen LogP contribution in [0.5, 0.6) is 0 Å². The van der Waals surface area contributed by atoms with Crippen molar-refractivity contribution in [1.29, 1.82) is 0 Å². The standard InChI is InChI=1S/C29H35N3O5/c1-18-11-12-22-24(31(18)29(36)37-2)13-14-25-27(22)30-26(32(25)21-10-6-7-19(15-21)17-33)16-23(28(34)35)20-8-4-3-5-9-20/h3-5,8-9,13-14,18-19,21,23,33H,6-7,10-12,15-17H2,1-2H3,(H,34,35)/t18-,19+,21-,23?/m0/s1. The van der Waals surface area contributed by atoms with Crippen LogP contribution in [0.25, 0.3) is 11.0 Å². The molecule has 0 spiro atoms. The number of aliphatic carboxylic acids is 1. The molecule has 1 saturated carbocycles. The zero-order valence-corrected chi connectivity index (χ0v) is 21.5. The molecule has 2 heterocycles. The lowest BCUT2D eigenvalue weighted by Crippen LogP contribution is -2.42. The third kappa shape index (κ3) is 4.70. The fraction of sp³-hybridized carbons (Fsp3) is 0.483. The third-order valence-electron chi connectivity index (χ3n) is 8.16. The Bertz CT molecular complexity index is 1290. The number of rotatable bonds is 6. The summed E-state index contributed by atoms with van der Waals surface area (Å²) in [5, 5.41) is 20.1. The van der Waals surface area contributed by atoms with Crippen molar-refractivity contribution in [3.8, 4) is 0 Å². The molecule has 2 aliphatic rings. The SMILES string of the molecule is COC(=O)N1c2ccc3c(nc(CC(C(=O)O)c4ccccc4)n3[C@H]3CCC[C@@H](CO)C3)c2CC[C@@H]1C. The number of methoxy groups -OCH3 is 1. The van der Waals surface area contributed by atoms with E-state index < -0.39 is 11.9 Å². The van der Waals surface area contributed by atoms with E-state index in [0.29, 0.717) is 0 Å². The van der Waals surface area contributed by atoms with Gasteiger partial charge in [-0.05, 0) is 62.6 Å². The van der Waals surface area contributed by atoms with Crippen LogP contribution in [0.4, 0.5) is 10.5 Å². The van der Waals surface area contributed by atoms with E-state index in [1.165, 1.54) is 7.11 Å². The molecule has 8 nitrogen and oxygen atoms in total. The zero-order valence-electron chi connectivity index (χ0n) is 21.5. The van der Waals surface area contributed by atoms with Crippen molar-refractivity contribution < 1.29 is 24.5 Å². The van der Waals surface area contributed by atoms with Gasteiger partial charge in [-0.2, -0.15) is 0 Å². The molecular weight excluding hydrogens is 470 g/mol. The number of aliphatic hydroxyl groups excluding tert-OH is 1. The number of benzene rings is 2. The van der Waals surface area contributed by atoms with Gasteiger partial charge in [-0.15, -0.1) is 0 Å². The molecule has 4 atom stereocenters. The van der Waals surface area contributed by atoms with Gasteiger partial charge in [0.2, 0.25) is 0 Å². The lowest BCUT2D eigenvalue weighted by Gasteiger charge is -2.34. The average Bonchev–Trinajstić information content (AvgIpc) is 3.30. The Hall–Kier alpha value is -3.39. The predicted octanol–water partition coefficient (Wildman–Crippen LogP) is 5.08. The van der Waals surface area contributed by atoms with Gasteiger partial charge in [0.05, 0.1) is 29.7 Å². The normalized spacial score (nSPS) is 22.5. The van der Waals surface area contributed by atoms with E-state index in [1.807, 2.05) is 49.4 Å². The molecule has 2 aromatic carbocycles. The Labute approximate surface area is 216 Å². The summed E-state index contributed by atoms with van der Waals surface area (Å²) in [5.74, 6) is -0.640. The second-order valence-corrected chi connectivity index (χ2v) is 10.4. The number of carboxylic acid groups (broad SMARTS) is 1. The molecule has 3 aromatic rings. The van der Waals surface area contributed by atoms with Crippen LogP contribution < -0.4 is 4.90 Å². The van der Waals surface area contributed by atoms with Crippen molar-refractivity contribution in [2.75, 3.05) is 18.6 Å². The van der Waals surface area contributed by atoms with Crippen molar-refractivity contribution in [2.45, 2.75) is 69.9 Å². The molecule has 1 aliphatic heterocycles. The van der Waals surface area contributed by atoms with Crippen molar-refractivity contribution in [2.24, 2.45) is 5.92 Å². The van der Waals surface area contributed by atoms with Crippen LogP contribution >= 0.6 is 0 Å². The number of hydrogen-bond donors (Lipinski definition) is 2. The largest absolute Gasteiger partial charge is 0.481 e. The Morgan fingerprint density at radius 2 is 1.92 bits per heavy atom. The van der Waals surface area contributed by atoms with Gasteiger partial charge in [0, 0.05) is 30.7 Å². The lowest BCUT2D eigenvalue weighted by atomic mass is 9.85. The van der Waals surface area contributed by atoms with Crippen LogP contribution in [-0.2, 0) is 22.4 Å². The van der Waals surface area contributed by atoms with Crippen LogP contribution in [-0.4, -0.2) is 51.6 Å². The molecular formula is C29H35N3O5. The fourth-order valence-corrected chi connectivity index (χ4v) is 6.25. The predicted molar refractivity (Wildman–Crippen MR) is 141 cm³/mol. The van der Waals surface area contributed by atoms with Crippen LogP contribution in [0.1, 0.15) is 67.9 Å². The van der Waals surface area contributed by atoms with Gasteiger partial charge in [0.1, 0.15) is 5.82 Å². The molecule has 0 saturated heterocycles. The zero-order chi connectivity index (χ0) is 26.1. The van der Waals surface area contributed by atoms with Crippen molar-refractivity contribution >= 4 is 28.8 Å². The first-order valence-corrected chi connectivity index (χ1v) is 13.2. The molecule has 1 amide bonds. The number of hydrogen-bond acceptors (Lipinski definition) is 5. The second-order valence-electron chi connectivity index (χ2n) is 10.4. The van der Waals surface area contributed by atoms with Crippen molar-refractivity contribution in [3.63, 3.8) is 0 Å². The van der Waals surface area contributed by atoms with Crippen LogP contribution in [0.15, 0.2) is 42.5 Å². The lowest BCUT2D eigenvalue weighted by molar-refractivity contribution is -0.138. The molecule has 37 heavy (non-hydrogen) atoms. The minimum absolute atomic E-state index is 0.0112. The molecule has 196 valence electrons. The average molecular weight is 506 g/mol. The topological polar surface area (TPSA) is 105 Å². The number of carboxylic acids is 1. The number of amides is 1. The van der Waals surface area contributed by atoms with Crippen LogP contribution in [0, 0.1) is 5.92 Å². The second kappa shape index (κ2) is 10.5. The summed E-state index contributed by atoms with van der Waals surface area (Å²) in [5.41, 5.74) is 4.36. The maximum atomic E-state index is 12.6. The first-order valence-electron chi connectivity index (χ1n) is 13.2. The highest BCUT2D eigenvalue weighted by molar-refractivity contribution is 5.95. The van der Waals surface area contributed by atoms with Gasteiger partial charge in [0.25, 0.3) is 0 Å². The van der Waals surface area contributed by atoms with E-state index >= 15 is 0 Å². The summed E-state index contributed by atoms with van der Waals surface area (Å²) < 4.78 is 7.31. The molecule has 0 radical (unpaired) electrons. The number of aryl methyl sites for hydroxylation is 1. The molecule has 1 aliphatic carbocycles. The number of fused-ring (bicyclic) bond motifs is 3. The fourth-order valence-electron chi connectivity index (χ4n) is 6.25. The van der Waals surface area contributed by atoms with E-state index in [-0.39, 0.29) is 37.1 Å². The van der Waals surface area contributed by atoms with E-state index in [9.17, 15) is 19.8 Å². The third-order valence-corrected chi connectivity index (χ3v) is 8.16. The summed E-state index contributed by atoms with van der Waals surface area (Å²) in [6.45, 7) is 2.17. The summed E-state index contributed by atoms with van der Waals surface area (Å²) in [7, 11) is 1.39. The molecule has 2 N–H and O–H groups in total. The molecule has 1 fully saturated rings. The quantitative estimate of drug-likeness (QED) is 0.484. The van der Waals surface area contributed by atoms with E-state index in [0.717, 1.165) is 72.2 Å². The molecule has 0 bridgehead atoms. The van der Waals surface area contributed by atoms with Crippen LogP contribution in [0.2, 0.25) is 0 Å². The summed E-state index contributed by atoms with van der Waals surface area (Å²) in [4.78, 5) is 31.8. The van der Waals surface area contributed by atoms with E-state index in [2.05, 4.69) is 4.57 Å². The number of carbonyl (C=O) groups is 2. The summed E-state index contributed by atoms with van der Waals surface area (Å²) in [6.07, 6.45) is 5.25. The Morgan fingerprint density at radius 1 is 1.14 bits per heavy atom. The minimum atomic E-state index is -0.880. The van der Waals surface area contributed by atoms with Gasteiger partial charge in [-0.25, -0.2) is 9.78 Å². The summed E-state index contributed by atoms with van der Waals surface area (Å²) in [6, 6.07) is 13.4. The smallest absolute Gasteiger partial charge is 0.414 e. The Balaban J connectivity index is 1.66. The van der Waals surface area contributed by atoms with Gasteiger partial charge in [0.15, 0.2) is 0 Å². The maximum absolute atomic E-state index is 12.6. The highest BCUT2D eigenvalue weighted by Gasteiger charge is 2.34. The highest BCUT2D eigenvalue weighted by Crippen LogP contribution is 2.41. The first-order chi connectivity index (χ1) is 17.9. The number of aliphatic hydroxyl groups is 1. The van der Waals surface area contributed by atoms with E-state index in [1.54, 1.807) is 4.90 Å². The Morgan fingerprint density at radius 3 is 2.62 bits per heavy atom. The number of aromatic nitrogens is 2. The number of ether oxygens (including phenoxy) is 1. The maximum Gasteiger partial charge on any atom is 0.414 e. The van der Waals surface area contributed by atoms with Gasteiger partial charge in [-0.3, -0.25) is 9.69 Å². The van der Waals surface area contributed by atoms with E-state index in [4.69, 9.17) is 9.72 Å². The minimum Gasteiger partial charge on any atom is -0.481 e. The number of imidazole rings is 1. The summed E-state index contributed by atoms with van der Waals surface area (Å²) >= 11 is 0. The van der Waals surface area contributed by atoms with Crippen LogP contribution in [0.3, 0.4) is 0 Å². The number of carbonyl (C=O) groups excluding carboxylic acids is 1. The molecule has 5 rings (SSSR count).